The zero-order chi connectivity index (χ0) is 14.8. The van der Waals surface area contributed by atoms with Crippen LogP contribution in [-0.4, -0.2) is 39.7 Å². The van der Waals surface area contributed by atoms with Gasteiger partial charge in [-0.05, 0) is 39.7 Å². The number of H-pyrrole nitrogens is 1. The van der Waals surface area contributed by atoms with E-state index in [-0.39, 0.29) is 17.7 Å². The molecule has 20 heavy (non-hydrogen) atoms. The number of aromatic nitrogens is 2. The molecule has 0 radical (unpaired) electrons. The normalized spacial score (nSPS) is 17.1. The van der Waals surface area contributed by atoms with Crippen LogP contribution in [0, 0.1) is 0 Å². The smallest absolute Gasteiger partial charge is 0.410 e. The topological polar surface area (TPSA) is 75.3 Å². The molecular weight excluding hydrogens is 258 g/mol. The van der Waals surface area contributed by atoms with E-state index >= 15 is 0 Å². The van der Waals surface area contributed by atoms with Gasteiger partial charge in [0.25, 0.3) is 0 Å². The standard InChI is InChI=1S/C14H21N3O3/c1-14(2,3)20-13(19)17-8-5-10(6-9-17)11-4-7-15-12(18)16-11/h4,7,10H,5-6,8-9H2,1-3H3,(H,15,16,18). The van der Waals surface area contributed by atoms with Crippen LogP contribution in [0.5, 0.6) is 0 Å². The SMILES string of the molecule is CC(C)(C)OC(=O)N1CCC(c2ccnc(=O)[nH]2)CC1. The zero-order valence-electron chi connectivity index (χ0n) is 12.2. The van der Waals surface area contributed by atoms with E-state index in [1.54, 1.807) is 4.90 Å². The van der Waals surface area contributed by atoms with Gasteiger partial charge in [-0.25, -0.2) is 14.6 Å². The number of aromatic amines is 1. The maximum absolute atomic E-state index is 11.9. The molecule has 6 nitrogen and oxygen atoms in total. The van der Waals surface area contributed by atoms with Crippen molar-refractivity contribution in [2.45, 2.75) is 45.1 Å². The van der Waals surface area contributed by atoms with Crippen molar-refractivity contribution in [1.29, 1.82) is 0 Å². The van der Waals surface area contributed by atoms with Gasteiger partial charge < -0.3 is 14.6 Å². The van der Waals surface area contributed by atoms with Gasteiger partial charge in [-0.15, -0.1) is 0 Å². The first kappa shape index (κ1) is 14.6. The van der Waals surface area contributed by atoms with E-state index in [4.69, 9.17) is 4.74 Å². The molecule has 1 saturated heterocycles. The summed E-state index contributed by atoms with van der Waals surface area (Å²) in [5.74, 6) is 0.268. The lowest BCUT2D eigenvalue weighted by Gasteiger charge is -2.33. The molecule has 0 saturated carbocycles. The van der Waals surface area contributed by atoms with Gasteiger partial charge >= 0.3 is 11.8 Å². The molecule has 0 unspecified atom stereocenters. The number of amides is 1. The third-order valence-electron chi connectivity index (χ3n) is 3.28. The minimum atomic E-state index is -0.468. The van der Waals surface area contributed by atoms with Crippen LogP contribution in [0.2, 0.25) is 0 Å². The van der Waals surface area contributed by atoms with Gasteiger partial charge in [0, 0.05) is 30.9 Å². The zero-order valence-corrected chi connectivity index (χ0v) is 12.2. The van der Waals surface area contributed by atoms with Crippen molar-refractivity contribution in [2.75, 3.05) is 13.1 Å². The van der Waals surface area contributed by atoms with Gasteiger partial charge in [0.05, 0.1) is 0 Å². The Bertz CT molecular complexity index is 525. The number of carbonyl (C=O) groups is 1. The minimum Gasteiger partial charge on any atom is -0.444 e. The summed E-state index contributed by atoms with van der Waals surface area (Å²) < 4.78 is 5.36. The van der Waals surface area contributed by atoms with Crippen molar-refractivity contribution in [3.63, 3.8) is 0 Å². The van der Waals surface area contributed by atoms with Crippen molar-refractivity contribution < 1.29 is 9.53 Å². The Hall–Kier alpha value is -1.85. The first-order valence-electron chi connectivity index (χ1n) is 6.88. The van der Waals surface area contributed by atoms with Crippen molar-refractivity contribution >= 4 is 6.09 Å². The van der Waals surface area contributed by atoms with Gasteiger partial charge in [-0.2, -0.15) is 0 Å². The van der Waals surface area contributed by atoms with E-state index < -0.39 is 5.60 Å². The molecule has 1 aromatic heterocycles. The summed E-state index contributed by atoms with van der Waals surface area (Å²) in [7, 11) is 0. The Morgan fingerprint density at radius 2 is 2.05 bits per heavy atom. The fourth-order valence-corrected chi connectivity index (χ4v) is 2.32. The lowest BCUT2D eigenvalue weighted by atomic mass is 9.93. The number of hydrogen-bond donors (Lipinski definition) is 1. The van der Waals surface area contributed by atoms with Crippen molar-refractivity contribution in [2.24, 2.45) is 0 Å². The number of hydrogen-bond acceptors (Lipinski definition) is 4. The molecule has 1 amide bonds. The van der Waals surface area contributed by atoms with E-state index in [0.717, 1.165) is 18.5 Å². The highest BCUT2D eigenvalue weighted by Crippen LogP contribution is 2.26. The second-order valence-corrected chi connectivity index (χ2v) is 6.07. The molecule has 6 heteroatoms. The summed E-state index contributed by atoms with van der Waals surface area (Å²) in [5, 5.41) is 0. The predicted octanol–water partition coefficient (Wildman–Crippen LogP) is 1.88. The van der Waals surface area contributed by atoms with E-state index in [2.05, 4.69) is 9.97 Å². The van der Waals surface area contributed by atoms with Gasteiger partial charge in [-0.1, -0.05) is 0 Å². The molecule has 110 valence electrons. The Morgan fingerprint density at radius 3 is 2.60 bits per heavy atom. The number of rotatable bonds is 1. The second-order valence-electron chi connectivity index (χ2n) is 6.07. The number of likely N-dealkylation sites (tertiary alicyclic amines) is 1. The minimum absolute atomic E-state index is 0.265. The number of piperidine rings is 1. The monoisotopic (exact) mass is 279 g/mol. The van der Waals surface area contributed by atoms with Gasteiger partial charge in [0.2, 0.25) is 0 Å². The van der Waals surface area contributed by atoms with Crippen LogP contribution >= 0.6 is 0 Å². The fourth-order valence-electron chi connectivity index (χ4n) is 2.32. The maximum atomic E-state index is 11.9. The Kier molecular flexibility index (Phi) is 4.11. The summed E-state index contributed by atoms with van der Waals surface area (Å²) in [5.41, 5.74) is 0.107. The van der Waals surface area contributed by atoms with Crippen molar-refractivity contribution in [1.82, 2.24) is 14.9 Å². The van der Waals surface area contributed by atoms with Crippen LogP contribution < -0.4 is 5.69 Å². The number of ether oxygens (including phenoxy) is 1. The average Bonchev–Trinajstić information content (AvgIpc) is 2.37. The molecule has 1 aromatic rings. The number of nitrogens with zero attached hydrogens (tertiary/aromatic N) is 2. The van der Waals surface area contributed by atoms with Crippen molar-refractivity contribution in [3.8, 4) is 0 Å². The third-order valence-corrected chi connectivity index (χ3v) is 3.28. The highest BCUT2D eigenvalue weighted by atomic mass is 16.6. The predicted molar refractivity (Wildman–Crippen MR) is 74.6 cm³/mol. The van der Waals surface area contributed by atoms with Crippen LogP contribution in [0.15, 0.2) is 17.1 Å². The average molecular weight is 279 g/mol. The molecule has 1 aliphatic rings. The first-order chi connectivity index (χ1) is 9.35. The highest BCUT2D eigenvalue weighted by molar-refractivity contribution is 5.68. The summed E-state index contributed by atoms with van der Waals surface area (Å²) >= 11 is 0. The molecule has 1 N–H and O–H groups in total. The molecule has 0 aromatic carbocycles. The summed E-state index contributed by atoms with van der Waals surface area (Å²) in [6, 6.07) is 1.83. The van der Waals surface area contributed by atoms with Crippen molar-refractivity contribution in [3.05, 3.63) is 28.4 Å². The van der Waals surface area contributed by atoms with E-state index in [9.17, 15) is 9.59 Å². The van der Waals surface area contributed by atoms with Gasteiger partial charge in [-0.3, -0.25) is 0 Å². The Balaban J connectivity index is 1.92. The van der Waals surface area contributed by atoms with Crippen LogP contribution in [0.1, 0.15) is 45.2 Å². The third kappa shape index (κ3) is 3.82. The van der Waals surface area contributed by atoms with E-state index in [1.165, 1.54) is 6.20 Å². The summed E-state index contributed by atoms with van der Waals surface area (Å²) in [6.07, 6.45) is 2.89. The van der Waals surface area contributed by atoms with E-state index in [0.29, 0.717) is 13.1 Å². The molecule has 1 fully saturated rings. The van der Waals surface area contributed by atoms with Gasteiger partial charge in [0.15, 0.2) is 0 Å². The summed E-state index contributed by atoms with van der Waals surface area (Å²) in [4.78, 5) is 31.3. The fraction of sp³-hybridized carbons (Fsp3) is 0.643. The lowest BCUT2D eigenvalue weighted by Crippen LogP contribution is -2.41. The molecule has 2 heterocycles. The molecule has 0 aliphatic carbocycles. The first-order valence-corrected chi connectivity index (χ1v) is 6.88. The Labute approximate surface area is 118 Å². The number of carbonyl (C=O) groups excluding carboxylic acids is 1. The molecule has 2 rings (SSSR count). The molecule has 0 spiro atoms. The maximum Gasteiger partial charge on any atom is 0.410 e. The van der Waals surface area contributed by atoms with Crippen LogP contribution in [-0.2, 0) is 4.74 Å². The molecule has 0 bridgehead atoms. The Morgan fingerprint density at radius 1 is 1.40 bits per heavy atom. The van der Waals surface area contributed by atoms with Crippen LogP contribution in [0.3, 0.4) is 0 Å². The second kappa shape index (κ2) is 5.64. The summed E-state index contributed by atoms with van der Waals surface area (Å²) in [6.45, 7) is 6.87. The van der Waals surface area contributed by atoms with E-state index in [1.807, 2.05) is 26.8 Å². The lowest BCUT2D eigenvalue weighted by molar-refractivity contribution is 0.0204. The quantitative estimate of drug-likeness (QED) is 0.851. The number of nitrogens with one attached hydrogen (secondary N) is 1. The largest absolute Gasteiger partial charge is 0.444 e. The van der Waals surface area contributed by atoms with Crippen LogP contribution in [0.4, 0.5) is 4.79 Å². The molecule has 0 atom stereocenters. The highest BCUT2D eigenvalue weighted by Gasteiger charge is 2.27. The molecular formula is C14H21N3O3. The molecule has 1 aliphatic heterocycles. The van der Waals surface area contributed by atoms with Crippen LogP contribution in [0.25, 0.3) is 0 Å². The van der Waals surface area contributed by atoms with Gasteiger partial charge in [0.1, 0.15) is 5.60 Å².